The fourth-order valence-electron chi connectivity index (χ4n) is 16.1. The highest BCUT2D eigenvalue weighted by molar-refractivity contribution is 7.53. The van der Waals surface area contributed by atoms with Crippen LogP contribution in [-0.4, -0.2) is 66.4 Å². The molecule has 0 amide bonds. The number of aryl methyl sites for hydroxylation is 6. The molecule has 12 aromatic rings. The standard InChI is InChI=1S/C62H65NO2.C29H25NO2.C27H50O8P2.CH4/c1-45(2)15-14-16-46(3)39-40-65-62-44-56(61(64-7)43-57(62)28-24-51-19-12-9-13-20-51)30-29-53-32-38-60(42-49(53)6)63(58-35-33-55(34-36-58)54-25-21-47(4)22-26-54)59-37-31-52(48(5)41-59)27-23-50-17-10-8-11-18-50;1-20-4-6-23(7-5-20)24-8-12-27(13-9-24)30(28-14-10-25(18-31)21(2)16-28)29-15-11-26(19-32)22(3)17-29;1-9-32-36(28,33-10-2)20-24-19-27(31-17-16-23(7)15-13-14-22(5)6)25(18-26(24)30-8)21-37(29,34-11-3)35-12-4;/h8-13,17-38,41-46H,14-16,39-40H2,1-7H3;4-19H,1-3H3;18-19,22-23H,9-17,20-21H2,1-8H3;1H4. The normalized spacial score (nSPS) is 12.0. The van der Waals surface area contributed by atoms with Crippen LogP contribution in [0, 0.1) is 65.2 Å². The molecule has 0 aromatic heterocycles. The van der Waals surface area contributed by atoms with Gasteiger partial charge in [0.05, 0.1) is 66.2 Å². The second kappa shape index (κ2) is 54.1. The largest absolute Gasteiger partial charge is 0.496 e. The van der Waals surface area contributed by atoms with Crippen LogP contribution in [0.25, 0.3) is 58.7 Å². The van der Waals surface area contributed by atoms with Crippen molar-refractivity contribution in [1.29, 1.82) is 0 Å². The van der Waals surface area contributed by atoms with Crippen molar-refractivity contribution in [2.24, 2.45) is 23.7 Å². The minimum Gasteiger partial charge on any atom is -0.496 e. The molecule has 712 valence electrons. The molecule has 2 unspecified atom stereocenters. The first kappa shape index (κ1) is 107. The fraction of sp³-hybridized carbons (Fsp3) is 0.328. The third-order valence-corrected chi connectivity index (χ3v) is 27.9. The molecule has 12 aromatic carbocycles. The monoisotopic (exact) mass is 1860 g/mol. The predicted octanol–water partition coefficient (Wildman–Crippen LogP) is 34.0. The molecule has 135 heavy (non-hydrogen) atoms. The van der Waals surface area contributed by atoms with Gasteiger partial charge in [0.15, 0.2) is 0 Å². The van der Waals surface area contributed by atoms with E-state index < -0.39 is 15.2 Å². The summed E-state index contributed by atoms with van der Waals surface area (Å²) < 4.78 is 73.2. The highest BCUT2D eigenvalue weighted by Crippen LogP contribution is 2.56. The molecule has 14 nitrogen and oxygen atoms in total. The van der Waals surface area contributed by atoms with Gasteiger partial charge in [-0.05, 0) is 282 Å². The second-order valence-electron chi connectivity index (χ2n) is 35.5. The van der Waals surface area contributed by atoms with Crippen LogP contribution >= 0.6 is 15.2 Å². The van der Waals surface area contributed by atoms with Gasteiger partial charge in [-0.2, -0.15) is 0 Å². The summed E-state index contributed by atoms with van der Waals surface area (Å²) in [6.45, 7) is 35.5. The summed E-state index contributed by atoms with van der Waals surface area (Å²) in [7, 11) is -3.49. The summed E-state index contributed by atoms with van der Waals surface area (Å²) in [6, 6.07) is 88.3. The zero-order valence-corrected chi connectivity index (χ0v) is 84.0. The van der Waals surface area contributed by atoms with Crippen molar-refractivity contribution in [3.63, 3.8) is 0 Å². The summed E-state index contributed by atoms with van der Waals surface area (Å²) in [6.07, 6.45) is 24.1. The van der Waals surface area contributed by atoms with E-state index in [0.29, 0.717) is 64.7 Å². The van der Waals surface area contributed by atoms with Gasteiger partial charge in [0.1, 0.15) is 35.6 Å². The first-order valence-corrected chi connectivity index (χ1v) is 51.0. The molecule has 0 aliphatic rings. The Hall–Kier alpha value is -11.7. The first-order chi connectivity index (χ1) is 64.7. The molecule has 16 heteroatoms. The van der Waals surface area contributed by atoms with E-state index in [-0.39, 0.29) is 46.2 Å². The number of carbonyl (C=O) groups is 2. The molecule has 0 radical (unpaired) electrons. The molecule has 0 saturated heterocycles. The minimum absolute atomic E-state index is 0. The van der Waals surface area contributed by atoms with Crippen molar-refractivity contribution in [1.82, 2.24) is 0 Å². The molecule has 12 rings (SSSR count). The summed E-state index contributed by atoms with van der Waals surface area (Å²) in [4.78, 5) is 27.1. The van der Waals surface area contributed by atoms with Gasteiger partial charge in [0, 0.05) is 67.5 Å². The molecule has 0 aliphatic carbocycles. The van der Waals surface area contributed by atoms with E-state index in [4.69, 9.17) is 37.0 Å². The van der Waals surface area contributed by atoms with Crippen molar-refractivity contribution in [3.05, 3.63) is 344 Å². The van der Waals surface area contributed by atoms with E-state index >= 15 is 0 Å². The van der Waals surface area contributed by atoms with Crippen LogP contribution < -0.4 is 28.7 Å². The molecule has 0 aliphatic heterocycles. The van der Waals surface area contributed by atoms with E-state index in [9.17, 15) is 18.7 Å². The summed E-state index contributed by atoms with van der Waals surface area (Å²) >= 11 is 0. The highest BCUT2D eigenvalue weighted by Gasteiger charge is 2.31. The zero-order valence-electron chi connectivity index (χ0n) is 82.2. The number of rotatable bonds is 46. The Bertz CT molecular complexity index is 5830. The smallest absolute Gasteiger partial charge is 0.335 e. The van der Waals surface area contributed by atoms with Gasteiger partial charge in [-0.15, -0.1) is 0 Å². The average Bonchev–Trinajstić information content (AvgIpc) is 0.792. The van der Waals surface area contributed by atoms with Crippen LogP contribution in [0.15, 0.2) is 255 Å². The van der Waals surface area contributed by atoms with Gasteiger partial charge in [-0.25, -0.2) is 0 Å². The van der Waals surface area contributed by atoms with Gasteiger partial charge in [-0.1, -0.05) is 281 Å². The molecule has 0 saturated carbocycles. The third-order valence-electron chi connectivity index (χ3n) is 23.8. The number of anilines is 6. The number of hydrogen-bond donors (Lipinski definition) is 0. The Morgan fingerprint density at radius 2 is 0.615 bits per heavy atom. The quantitative estimate of drug-likeness (QED) is 0.0202. The molecular formula is C119H144N2O12P2. The van der Waals surface area contributed by atoms with Crippen molar-refractivity contribution < 1.29 is 55.8 Å². The molecule has 2 atom stereocenters. The van der Waals surface area contributed by atoms with Crippen LogP contribution in [0.2, 0.25) is 0 Å². The van der Waals surface area contributed by atoms with Crippen LogP contribution in [-0.2, 0) is 39.5 Å². The van der Waals surface area contributed by atoms with Crippen LogP contribution in [0.3, 0.4) is 0 Å². The van der Waals surface area contributed by atoms with Crippen LogP contribution in [0.1, 0.15) is 227 Å². The lowest BCUT2D eigenvalue weighted by Crippen LogP contribution is -2.11. The number of aldehydes is 2. The van der Waals surface area contributed by atoms with Crippen LogP contribution in [0.4, 0.5) is 34.1 Å². The number of methoxy groups -OCH3 is 2. The Kier molecular flexibility index (Phi) is 42.9. The predicted molar refractivity (Wildman–Crippen MR) is 570 cm³/mol. The van der Waals surface area contributed by atoms with Crippen LogP contribution in [0.5, 0.6) is 23.0 Å². The van der Waals surface area contributed by atoms with Crippen molar-refractivity contribution in [2.45, 2.75) is 182 Å². The zero-order chi connectivity index (χ0) is 96.1. The van der Waals surface area contributed by atoms with Gasteiger partial charge in [-0.3, -0.25) is 18.7 Å². The number of carbonyl (C=O) groups excluding carboxylic acids is 2. The lowest BCUT2D eigenvalue weighted by molar-refractivity contribution is 0.111. The average molecular weight is 1860 g/mol. The lowest BCUT2D eigenvalue weighted by atomic mass is 9.97. The maximum atomic E-state index is 13.3. The summed E-state index contributed by atoms with van der Waals surface area (Å²) in [5, 5.41) is 0. The SMILES string of the molecule is C.CCOP(=O)(Cc1cc(OCCC(C)CCCC(C)C)c(CP(=O)(OCC)OCC)cc1OC)OCC.COc1cc(C=Cc2ccccc2)c(OCCC(C)CCCC(C)C)cc1C=Cc1ccc(N(c2ccc(-c3ccc(C)cc3)cc2)c2ccc(C=Cc3ccccc3)c(C)c2)cc1C.Cc1ccc(-c2ccc(N(c3ccc(C=O)c(C)c3)c3ccc(C=O)c(C)c3)cc2)cc1. The molecule has 0 bridgehead atoms. The number of hydrogen-bond acceptors (Lipinski definition) is 14. The molecular weight excluding hydrogens is 1710 g/mol. The summed E-state index contributed by atoms with van der Waals surface area (Å²) in [5.41, 5.74) is 26.9. The van der Waals surface area contributed by atoms with E-state index in [1.165, 1.54) is 82.2 Å². The number of benzene rings is 12. The molecule has 0 spiro atoms. The number of nitrogens with zero attached hydrogens (tertiary/aromatic N) is 2. The van der Waals surface area contributed by atoms with E-state index in [1.807, 2.05) is 56.3 Å². The Balaban J connectivity index is 0.000000248. The van der Waals surface area contributed by atoms with Crippen molar-refractivity contribution >= 4 is 98.3 Å². The fourth-order valence-corrected chi connectivity index (χ4v) is 19.5. The molecule has 0 N–H and O–H groups in total. The van der Waals surface area contributed by atoms with E-state index in [1.54, 1.807) is 54.0 Å². The van der Waals surface area contributed by atoms with Gasteiger partial charge in [0.2, 0.25) is 0 Å². The Labute approximate surface area is 807 Å². The first-order valence-electron chi connectivity index (χ1n) is 47.5. The topological polar surface area (TPSA) is 149 Å². The van der Waals surface area contributed by atoms with Crippen molar-refractivity contribution in [3.8, 4) is 45.3 Å². The third kappa shape index (κ3) is 32.5. The van der Waals surface area contributed by atoms with Gasteiger partial charge < -0.3 is 46.8 Å². The Morgan fingerprint density at radius 1 is 0.311 bits per heavy atom. The maximum Gasteiger partial charge on any atom is 0.335 e. The van der Waals surface area contributed by atoms with Gasteiger partial charge in [0.25, 0.3) is 0 Å². The maximum absolute atomic E-state index is 13.3. The summed E-state index contributed by atoms with van der Waals surface area (Å²) in [5.74, 6) is 5.28. The molecule has 0 heterocycles. The van der Waals surface area contributed by atoms with E-state index in [2.05, 4.69) is 316 Å². The van der Waals surface area contributed by atoms with Crippen molar-refractivity contribution in [2.75, 3.05) is 63.7 Å². The lowest BCUT2D eigenvalue weighted by Gasteiger charge is -2.27. The highest BCUT2D eigenvalue weighted by atomic mass is 31.2. The van der Waals surface area contributed by atoms with Gasteiger partial charge >= 0.3 is 15.2 Å². The molecule has 0 fully saturated rings. The second-order valence-corrected chi connectivity index (χ2v) is 39.6. The minimum atomic E-state index is -3.39. The number of ether oxygens (including phenoxy) is 4. The van der Waals surface area contributed by atoms with E-state index in [0.717, 1.165) is 122 Å². The Morgan fingerprint density at radius 3 is 0.963 bits per heavy atom.